The van der Waals surface area contributed by atoms with Gasteiger partial charge in [0.2, 0.25) is 5.91 Å². The van der Waals surface area contributed by atoms with Crippen molar-refractivity contribution >= 4 is 5.91 Å². The van der Waals surface area contributed by atoms with E-state index in [4.69, 9.17) is 9.47 Å². The van der Waals surface area contributed by atoms with E-state index in [0.717, 1.165) is 35.7 Å². The third-order valence-electron chi connectivity index (χ3n) is 5.47. The van der Waals surface area contributed by atoms with Gasteiger partial charge in [-0.2, -0.15) is 5.10 Å². The van der Waals surface area contributed by atoms with Crippen LogP contribution in [0.15, 0.2) is 42.6 Å². The molecule has 0 fully saturated rings. The molecule has 1 amide bonds. The Labute approximate surface area is 178 Å². The maximum Gasteiger partial charge on any atom is 0.224 e. The number of ether oxygens (including phenoxy) is 2. The van der Waals surface area contributed by atoms with Crippen molar-refractivity contribution in [3.05, 3.63) is 71.1 Å². The van der Waals surface area contributed by atoms with E-state index in [-0.39, 0.29) is 24.1 Å². The Hall–Kier alpha value is -3.42. The van der Waals surface area contributed by atoms with Crippen LogP contribution in [0.5, 0.6) is 11.5 Å². The highest BCUT2D eigenvalue weighted by molar-refractivity contribution is 5.79. The monoisotopic (exact) mass is 427 g/mol. The minimum absolute atomic E-state index is 0.134. The smallest absolute Gasteiger partial charge is 0.224 e. The molecular weight excluding hydrogens is 404 g/mol. The summed E-state index contributed by atoms with van der Waals surface area (Å²) < 4.78 is 39.5. The molecule has 1 aliphatic carbocycles. The maximum absolute atomic E-state index is 14.3. The molecule has 2 aromatic carbocycles. The quantitative estimate of drug-likeness (QED) is 0.648. The average Bonchev–Trinajstić information content (AvgIpc) is 3.18. The molecule has 1 aliphatic rings. The molecule has 3 aromatic rings. The highest BCUT2D eigenvalue weighted by Crippen LogP contribution is 2.32. The Morgan fingerprint density at radius 1 is 1.16 bits per heavy atom. The fourth-order valence-electron chi connectivity index (χ4n) is 3.99. The topological polar surface area (TPSA) is 65.4 Å². The Morgan fingerprint density at radius 3 is 2.71 bits per heavy atom. The molecule has 1 N–H and O–H groups in total. The first-order chi connectivity index (χ1) is 15.0. The number of halogens is 2. The van der Waals surface area contributed by atoms with Crippen LogP contribution in [0, 0.1) is 11.6 Å². The van der Waals surface area contributed by atoms with E-state index in [1.807, 2.05) is 6.07 Å². The van der Waals surface area contributed by atoms with Crippen LogP contribution < -0.4 is 14.8 Å². The zero-order chi connectivity index (χ0) is 22.0. The highest BCUT2D eigenvalue weighted by atomic mass is 19.1. The number of rotatable bonds is 6. The predicted octanol–water partition coefficient (Wildman–Crippen LogP) is 3.90. The fourth-order valence-corrected chi connectivity index (χ4v) is 3.99. The van der Waals surface area contributed by atoms with Crippen molar-refractivity contribution in [2.45, 2.75) is 31.7 Å². The molecule has 0 bridgehead atoms. The van der Waals surface area contributed by atoms with Crippen molar-refractivity contribution in [1.29, 1.82) is 0 Å². The molecule has 0 aliphatic heterocycles. The standard InChI is InChI=1S/C23H23F2N3O3/c1-30-21-9-6-14(10-22(21)31-2)11-23(29)27-18-4-3-5-19-16(18)13-26-28(19)20-8-7-15(24)12-17(20)25/h6-10,12-13,18H,3-5,11H2,1-2H3,(H,27,29)/t18-/m0/s1. The first kappa shape index (κ1) is 20.8. The number of aromatic nitrogens is 2. The molecule has 0 saturated heterocycles. The van der Waals surface area contributed by atoms with Crippen molar-refractivity contribution in [1.82, 2.24) is 15.1 Å². The van der Waals surface area contributed by atoms with E-state index < -0.39 is 11.6 Å². The summed E-state index contributed by atoms with van der Waals surface area (Å²) in [5.41, 5.74) is 2.68. The molecule has 1 aromatic heterocycles. The number of fused-ring (bicyclic) bond motifs is 1. The lowest BCUT2D eigenvalue weighted by Gasteiger charge is -2.24. The predicted molar refractivity (Wildman–Crippen MR) is 111 cm³/mol. The molecule has 31 heavy (non-hydrogen) atoms. The van der Waals surface area contributed by atoms with Gasteiger partial charge in [-0.3, -0.25) is 4.79 Å². The van der Waals surface area contributed by atoms with E-state index in [0.29, 0.717) is 17.9 Å². The third-order valence-corrected chi connectivity index (χ3v) is 5.47. The summed E-state index contributed by atoms with van der Waals surface area (Å²) >= 11 is 0. The molecule has 8 heteroatoms. The molecule has 6 nitrogen and oxygen atoms in total. The molecule has 1 heterocycles. The Morgan fingerprint density at radius 2 is 1.97 bits per heavy atom. The number of nitrogens with one attached hydrogen (secondary N) is 1. The molecule has 0 unspecified atom stereocenters. The van der Waals surface area contributed by atoms with Gasteiger partial charge in [0.05, 0.1) is 32.9 Å². The largest absolute Gasteiger partial charge is 0.493 e. The van der Waals surface area contributed by atoms with E-state index in [9.17, 15) is 13.6 Å². The second-order valence-corrected chi connectivity index (χ2v) is 7.43. The zero-order valence-corrected chi connectivity index (χ0v) is 17.3. The van der Waals surface area contributed by atoms with Crippen LogP contribution in [-0.2, 0) is 17.6 Å². The lowest BCUT2D eigenvalue weighted by molar-refractivity contribution is -0.121. The van der Waals surface area contributed by atoms with Crippen LogP contribution in [0.2, 0.25) is 0 Å². The van der Waals surface area contributed by atoms with Crippen LogP contribution in [-0.4, -0.2) is 29.9 Å². The number of benzene rings is 2. The molecule has 1 atom stereocenters. The van der Waals surface area contributed by atoms with Crippen molar-refractivity contribution in [2.24, 2.45) is 0 Å². The number of carbonyl (C=O) groups excluding carboxylic acids is 1. The summed E-state index contributed by atoms with van der Waals surface area (Å²) in [6.07, 6.45) is 4.13. The van der Waals surface area contributed by atoms with Crippen LogP contribution in [0.1, 0.15) is 35.7 Å². The SMILES string of the molecule is COc1ccc(CC(=O)N[C@H]2CCCc3c2cnn3-c2ccc(F)cc2F)cc1OC. The van der Waals surface area contributed by atoms with Gasteiger partial charge < -0.3 is 14.8 Å². The normalized spacial score (nSPS) is 15.3. The third kappa shape index (κ3) is 4.23. The van der Waals surface area contributed by atoms with E-state index in [1.54, 1.807) is 32.5 Å². The number of carbonyl (C=O) groups is 1. The van der Waals surface area contributed by atoms with Gasteiger partial charge in [-0.05, 0) is 49.1 Å². The van der Waals surface area contributed by atoms with Gasteiger partial charge in [-0.1, -0.05) is 6.07 Å². The molecule has 0 saturated carbocycles. The second kappa shape index (κ2) is 8.75. The van der Waals surface area contributed by atoms with Crippen LogP contribution >= 0.6 is 0 Å². The fraction of sp³-hybridized carbons (Fsp3) is 0.304. The van der Waals surface area contributed by atoms with E-state index in [1.165, 1.54) is 16.8 Å². The molecule has 0 spiro atoms. The van der Waals surface area contributed by atoms with Crippen molar-refractivity contribution in [2.75, 3.05) is 14.2 Å². The van der Waals surface area contributed by atoms with Gasteiger partial charge in [-0.25, -0.2) is 13.5 Å². The molecule has 0 radical (unpaired) electrons. The van der Waals surface area contributed by atoms with E-state index in [2.05, 4.69) is 10.4 Å². The Bertz CT molecular complexity index is 1110. The van der Waals surface area contributed by atoms with Crippen LogP contribution in [0.25, 0.3) is 5.69 Å². The zero-order valence-electron chi connectivity index (χ0n) is 17.3. The van der Waals surface area contributed by atoms with Crippen molar-refractivity contribution in [3.8, 4) is 17.2 Å². The minimum Gasteiger partial charge on any atom is -0.493 e. The second-order valence-electron chi connectivity index (χ2n) is 7.43. The number of methoxy groups -OCH3 is 2. The van der Waals surface area contributed by atoms with Gasteiger partial charge in [0.15, 0.2) is 17.3 Å². The number of hydrogen-bond acceptors (Lipinski definition) is 4. The molecule has 4 rings (SSSR count). The molecule has 162 valence electrons. The average molecular weight is 427 g/mol. The number of hydrogen-bond donors (Lipinski definition) is 1. The summed E-state index contributed by atoms with van der Waals surface area (Å²) in [5.74, 6) is -0.279. The number of nitrogens with zero attached hydrogens (tertiary/aromatic N) is 2. The lowest BCUT2D eigenvalue weighted by Crippen LogP contribution is -2.32. The number of amides is 1. The Kier molecular flexibility index (Phi) is 5.88. The van der Waals surface area contributed by atoms with Crippen LogP contribution in [0.4, 0.5) is 8.78 Å². The van der Waals surface area contributed by atoms with Gasteiger partial charge in [0, 0.05) is 17.3 Å². The van der Waals surface area contributed by atoms with Gasteiger partial charge in [-0.15, -0.1) is 0 Å². The summed E-state index contributed by atoms with van der Waals surface area (Å²) in [6.45, 7) is 0. The van der Waals surface area contributed by atoms with E-state index >= 15 is 0 Å². The summed E-state index contributed by atoms with van der Waals surface area (Å²) in [5, 5.41) is 7.37. The van der Waals surface area contributed by atoms with Crippen LogP contribution in [0.3, 0.4) is 0 Å². The van der Waals surface area contributed by atoms with Gasteiger partial charge >= 0.3 is 0 Å². The minimum atomic E-state index is -0.675. The van der Waals surface area contributed by atoms with Crippen molar-refractivity contribution in [3.63, 3.8) is 0 Å². The molecular formula is C23H23F2N3O3. The van der Waals surface area contributed by atoms with Gasteiger partial charge in [0.25, 0.3) is 0 Å². The first-order valence-corrected chi connectivity index (χ1v) is 10.0. The van der Waals surface area contributed by atoms with Gasteiger partial charge in [0.1, 0.15) is 11.5 Å². The highest BCUT2D eigenvalue weighted by Gasteiger charge is 2.27. The first-order valence-electron chi connectivity index (χ1n) is 10.0. The van der Waals surface area contributed by atoms with Crippen molar-refractivity contribution < 1.29 is 23.0 Å². The summed E-state index contributed by atoms with van der Waals surface area (Å²) in [4.78, 5) is 12.7. The lowest BCUT2D eigenvalue weighted by atomic mass is 9.92. The summed E-state index contributed by atoms with van der Waals surface area (Å²) in [6, 6.07) is 8.57. The summed E-state index contributed by atoms with van der Waals surface area (Å²) in [7, 11) is 3.11. The Balaban J connectivity index is 1.51. The maximum atomic E-state index is 14.3.